The number of aromatic amines is 1. The molecule has 0 fully saturated rings. The van der Waals surface area contributed by atoms with Crippen LogP contribution >= 0.6 is 11.6 Å². The van der Waals surface area contributed by atoms with E-state index in [0.717, 1.165) is 0 Å². The number of amides is 1. The number of H-pyrrole nitrogens is 1. The molecule has 2 N–H and O–H groups in total. The number of aromatic nitrogens is 5. The van der Waals surface area contributed by atoms with Gasteiger partial charge in [-0.05, 0) is 19.1 Å². The monoisotopic (exact) mass is 432 g/mol. The predicted molar refractivity (Wildman–Crippen MR) is 109 cm³/mol. The largest absolute Gasteiger partial charge is 0.413 e. The number of nitrogens with one attached hydrogen (secondary N) is 2. The molecule has 0 aliphatic rings. The molecule has 3 heterocycles. The molecule has 11 heteroatoms. The highest BCUT2D eigenvalue weighted by atomic mass is 35.5. The lowest BCUT2D eigenvalue weighted by Gasteiger charge is -2.12. The number of benzene rings is 1. The number of hydrogen-bond acceptors (Lipinski definition) is 6. The minimum Gasteiger partial charge on any atom is -0.406 e. The third-order valence-corrected chi connectivity index (χ3v) is 4.66. The number of aryl methyl sites for hydroxylation is 1. The van der Waals surface area contributed by atoms with Crippen molar-refractivity contribution in [3.63, 3.8) is 0 Å². The number of carbonyl (C=O) groups excluding carboxylic acids is 1. The summed E-state index contributed by atoms with van der Waals surface area (Å²) in [4.78, 5) is 23.8. The molecule has 0 bridgehead atoms. The van der Waals surface area contributed by atoms with E-state index in [1.54, 1.807) is 27.1 Å². The lowest BCUT2D eigenvalue weighted by Crippen LogP contribution is -2.37. The summed E-state index contributed by atoms with van der Waals surface area (Å²) in [6.07, 6.45) is 2.29. The van der Waals surface area contributed by atoms with Gasteiger partial charge in [-0.1, -0.05) is 11.6 Å². The van der Waals surface area contributed by atoms with Crippen molar-refractivity contribution in [1.82, 2.24) is 30.0 Å². The van der Waals surface area contributed by atoms with Gasteiger partial charge in [0, 0.05) is 25.4 Å². The Labute approximate surface area is 175 Å². The third kappa shape index (κ3) is 3.66. The fourth-order valence-electron chi connectivity index (χ4n) is 3.17. The lowest BCUT2D eigenvalue weighted by atomic mass is 10.1. The highest BCUT2D eigenvalue weighted by Crippen LogP contribution is 2.32. The zero-order valence-corrected chi connectivity index (χ0v) is 17.1. The van der Waals surface area contributed by atoms with E-state index in [-0.39, 0.29) is 22.2 Å². The number of carbonyl (C=O) groups is 1. The van der Waals surface area contributed by atoms with Gasteiger partial charge in [0.05, 0.1) is 29.7 Å². The Balaban J connectivity index is 1.72. The molecule has 0 radical (unpaired) electrons. The lowest BCUT2D eigenvalue weighted by molar-refractivity contribution is 0.159. The molecule has 0 saturated carbocycles. The number of hydrogen-bond donors (Lipinski definition) is 2. The molecule has 3 aromatic heterocycles. The quantitative estimate of drug-likeness (QED) is 0.500. The Morgan fingerprint density at radius 2 is 2.23 bits per heavy atom. The van der Waals surface area contributed by atoms with Crippen LogP contribution in [-0.4, -0.2) is 50.6 Å². The molecular weight excluding hydrogens is 415 g/mol. The third-order valence-electron chi connectivity index (χ3n) is 4.44. The first-order valence-electron chi connectivity index (χ1n) is 9.01. The average molecular weight is 433 g/mol. The summed E-state index contributed by atoms with van der Waals surface area (Å²) in [6.45, 7) is 2.13. The van der Waals surface area contributed by atoms with Gasteiger partial charge in [0.1, 0.15) is 17.2 Å². The molecule has 4 aromatic rings. The van der Waals surface area contributed by atoms with Crippen molar-refractivity contribution in [2.24, 2.45) is 7.05 Å². The van der Waals surface area contributed by atoms with Crippen molar-refractivity contribution in [1.29, 1.82) is 0 Å². The van der Waals surface area contributed by atoms with Gasteiger partial charge < -0.3 is 19.8 Å². The van der Waals surface area contributed by atoms with Crippen molar-refractivity contribution in [3.05, 3.63) is 35.4 Å². The fourth-order valence-corrected chi connectivity index (χ4v) is 3.36. The Morgan fingerprint density at radius 1 is 1.43 bits per heavy atom. The summed E-state index contributed by atoms with van der Waals surface area (Å²) in [5, 5.41) is 7.57. The van der Waals surface area contributed by atoms with Crippen LogP contribution in [0.5, 0.6) is 5.75 Å². The number of nitrogens with zero attached hydrogens (tertiary/aromatic N) is 4. The van der Waals surface area contributed by atoms with Crippen LogP contribution in [0.25, 0.3) is 33.5 Å². The van der Waals surface area contributed by atoms with Crippen molar-refractivity contribution in [2.75, 3.05) is 13.7 Å². The standard InChI is InChI=1S/C19H18ClFN6O3/c1-9(8-29-3)24-19(28)30-14-7-23-18-17(14)25-12(6-22-18)16-15-11(21)4-10(20)5-13(15)27(2)26-16/h4-7,9H,8H2,1-3H3,(H,22,23)(H,24,28)/t9-/m0/s1. The van der Waals surface area contributed by atoms with E-state index in [1.165, 1.54) is 23.1 Å². The summed E-state index contributed by atoms with van der Waals surface area (Å²) >= 11 is 5.96. The topological polar surface area (TPSA) is 107 Å². The maximum atomic E-state index is 14.6. The number of rotatable bonds is 5. The molecule has 4 rings (SSSR count). The van der Waals surface area contributed by atoms with Crippen molar-refractivity contribution in [3.8, 4) is 17.1 Å². The first-order chi connectivity index (χ1) is 14.4. The van der Waals surface area contributed by atoms with E-state index in [2.05, 4.69) is 25.4 Å². The van der Waals surface area contributed by atoms with Gasteiger partial charge in [-0.15, -0.1) is 0 Å². The van der Waals surface area contributed by atoms with E-state index in [4.69, 9.17) is 21.1 Å². The Morgan fingerprint density at radius 3 is 3.00 bits per heavy atom. The first-order valence-corrected chi connectivity index (χ1v) is 9.38. The van der Waals surface area contributed by atoms with E-state index in [9.17, 15) is 9.18 Å². The van der Waals surface area contributed by atoms with Gasteiger partial charge >= 0.3 is 6.09 Å². The summed E-state index contributed by atoms with van der Waals surface area (Å²) in [5.41, 5.74) is 1.88. The molecule has 0 aliphatic heterocycles. The van der Waals surface area contributed by atoms with Crippen LogP contribution < -0.4 is 10.1 Å². The normalized spacial score (nSPS) is 12.4. The minimum atomic E-state index is -0.656. The van der Waals surface area contributed by atoms with E-state index >= 15 is 0 Å². The average Bonchev–Trinajstić information content (AvgIpc) is 3.23. The Kier molecular flexibility index (Phi) is 5.27. The van der Waals surface area contributed by atoms with Crippen LogP contribution in [0.15, 0.2) is 24.5 Å². The predicted octanol–water partition coefficient (Wildman–Crippen LogP) is 3.43. The van der Waals surface area contributed by atoms with Crippen LogP contribution in [-0.2, 0) is 11.8 Å². The van der Waals surface area contributed by atoms with E-state index in [1.807, 2.05) is 0 Å². The summed E-state index contributed by atoms with van der Waals surface area (Å²) in [7, 11) is 3.22. The van der Waals surface area contributed by atoms with Gasteiger partial charge in [-0.25, -0.2) is 19.2 Å². The highest BCUT2D eigenvalue weighted by Gasteiger charge is 2.20. The van der Waals surface area contributed by atoms with Crippen LogP contribution in [0.3, 0.4) is 0 Å². The number of halogens is 2. The molecule has 0 aliphatic carbocycles. The van der Waals surface area contributed by atoms with Gasteiger partial charge in [-0.3, -0.25) is 4.68 Å². The zero-order chi connectivity index (χ0) is 21.4. The van der Waals surface area contributed by atoms with E-state index < -0.39 is 11.9 Å². The van der Waals surface area contributed by atoms with Crippen LogP contribution in [0.2, 0.25) is 5.02 Å². The van der Waals surface area contributed by atoms with E-state index in [0.29, 0.717) is 34.7 Å². The minimum absolute atomic E-state index is 0.185. The van der Waals surface area contributed by atoms with Gasteiger partial charge in [0.2, 0.25) is 0 Å². The van der Waals surface area contributed by atoms with Crippen LogP contribution in [0.1, 0.15) is 6.92 Å². The van der Waals surface area contributed by atoms with Crippen LogP contribution in [0.4, 0.5) is 9.18 Å². The molecule has 0 spiro atoms. The second kappa shape index (κ2) is 7.88. The number of fused-ring (bicyclic) bond motifs is 2. The molecular formula is C19H18ClFN6O3. The Hall–Kier alpha value is -3.24. The maximum absolute atomic E-state index is 14.6. The zero-order valence-electron chi connectivity index (χ0n) is 16.4. The fraction of sp³-hybridized carbons (Fsp3) is 0.263. The number of ether oxygens (including phenoxy) is 2. The highest BCUT2D eigenvalue weighted by molar-refractivity contribution is 6.31. The number of methoxy groups -OCH3 is 1. The van der Waals surface area contributed by atoms with Gasteiger partial charge in [0.15, 0.2) is 16.9 Å². The molecule has 9 nitrogen and oxygen atoms in total. The summed E-state index contributed by atoms with van der Waals surface area (Å²) in [5.74, 6) is -0.329. The molecule has 1 aromatic carbocycles. The molecule has 0 unspecified atom stereocenters. The van der Waals surface area contributed by atoms with Crippen molar-refractivity contribution < 1.29 is 18.7 Å². The summed E-state index contributed by atoms with van der Waals surface area (Å²) < 4.78 is 26.5. The maximum Gasteiger partial charge on any atom is 0.413 e. The van der Waals surface area contributed by atoms with Crippen LogP contribution in [0, 0.1) is 5.82 Å². The van der Waals surface area contributed by atoms with Crippen molar-refractivity contribution >= 4 is 39.8 Å². The summed E-state index contributed by atoms with van der Waals surface area (Å²) in [6, 6.07) is 2.61. The molecule has 156 valence electrons. The van der Waals surface area contributed by atoms with Gasteiger partial charge in [0.25, 0.3) is 0 Å². The molecule has 1 amide bonds. The van der Waals surface area contributed by atoms with Gasteiger partial charge in [-0.2, -0.15) is 5.10 Å². The Bertz CT molecular complexity index is 1250. The second-order valence-electron chi connectivity index (χ2n) is 6.75. The van der Waals surface area contributed by atoms with Crippen molar-refractivity contribution in [2.45, 2.75) is 13.0 Å². The smallest absolute Gasteiger partial charge is 0.406 e. The SMILES string of the molecule is COC[C@H](C)NC(=O)Oc1c[nH]c2ncc(-c3nn(C)c4cc(Cl)cc(F)c34)nc12. The second-order valence-corrected chi connectivity index (χ2v) is 7.19. The molecule has 30 heavy (non-hydrogen) atoms. The molecule has 0 saturated heterocycles. The molecule has 1 atom stereocenters. The first kappa shape index (κ1) is 20.0.